The van der Waals surface area contributed by atoms with E-state index in [9.17, 15) is 14.4 Å². The molecule has 1 aliphatic rings. The number of carbonyl (C=O) groups excluding carboxylic acids is 2. The van der Waals surface area contributed by atoms with Crippen molar-refractivity contribution < 1.29 is 19.5 Å². The highest BCUT2D eigenvalue weighted by Crippen LogP contribution is 2.19. The number of hydrogen-bond donors (Lipinski definition) is 1. The number of rotatable bonds is 5. The lowest BCUT2D eigenvalue weighted by Gasteiger charge is -2.21. The second kappa shape index (κ2) is 6.72. The van der Waals surface area contributed by atoms with Crippen LogP contribution in [-0.4, -0.2) is 40.3 Å². The third kappa shape index (κ3) is 3.82. The molecule has 0 spiro atoms. The molecule has 1 fully saturated rings. The maximum atomic E-state index is 12.0. The number of aliphatic carboxylic acids is 1. The van der Waals surface area contributed by atoms with E-state index in [-0.39, 0.29) is 24.5 Å². The predicted molar refractivity (Wildman–Crippen MR) is 77.4 cm³/mol. The van der Waals surface area contributed by atoms with Crippen molar-refractivity contribution in [2.75, 3.05) is 6.54 Å². The van der Waals surface area contributed by atoms with E-state index in [1.807, 2.05) is 0 Å². The van der Waals surface area contributed by atoms with Crippen molar-refractivity contribution >= 4 is 29.3 Å². The van der Waals surface area contributed by atoms with E-state index in [0.717, 1.165) is 0 Å². The molecule has 0 bridgehead atoms. The Morgan fingerprint density at radius 1 is 1.19 bits per heavy atom. The van der Waals surface area contributed by atoms with Gasteiger partial charge < -0.3 is 10.0 Å². The minimum absolute atomic E-state index is 0.0330. The molecule has 21 heavy (non-hydrogen) atoms. The van der Waals surface area contributed by atoms with Crippen molar-refractivity contribution in [3.8, 4) is 0 Å². The predicted octanol–water partition coefficient (Wildman–Crippen LogP) is 2.38. The molecule has 1 N–H and O–H groups in total. The van der Waals surface area contributed by atoms with Crippen molar-refractivity contribution in [1.29, 1.82) is 0 Å². The Hall–Kier alpha value is -1.88. The van der Waals surface area contributed by atoms with Crippen molar-refractivity contribution in [3.63, 3.8) is 0 Å². The van der Waals surface area contributed by atoms with Gasteiger partial charge in [0, 0.05) is 30.0 Å². The minimum atomic E-state index is -0.982. The summed E-state index contributed by atoms with van der Waals surface area (Å²) in [5.74, 6) is -1.40. The highest BCUT2D eigenvalue weighted by atomic mass is 35.5. The molecule has 5 nitrogen and oxygen atoms in total. The second-order valence-corrected chi connectivity index (χ2v) is 5.45. The molecule has 1 atom stereocenters. The van der Waals surface area contributed by atoms with Gasteiger partial charge in [-0.05, 0) is 37.1 Å². The molecule has 0 aliphatic carbocycles. The smallest absolute Gasteiger partial charge is 0.326 e. The third-order valence-corrected chi connectivity index (χ3v) is 3.84. The molecule has 1 saturated heterocycles. The summed E-state index contributed by atoms with van der Waals surface area (Å²) in [6.45, 7) is 0.449. The van der Waals surface area contributed by atoms with Gasteiger partial charge in [0.05, 0.1) is 0 Å². The molecule has 0 saturated carbocycles. The van der Waals surface area contributed by atoms with E-state index in [2.05, 4.69) is 0 Å². The fourth-order valence-electron chi connectivity index (χ4n) is 2.47. The van der Waals surface area contributed by atoms with Gasteiger partial charge in [0.1, 0.15) is 6.04 Å². The summed E-state index contributed by atoms with van der Waals surface area (Å²) in [7, 11) is 0. The quantitative estimate of drug-likeness (QED) is 0.847. The number of hydrogen-bond acceptors (Lipinski definition) is 3. The number of carbonyl (C=O) groups is 3. The summed E-state index contributed by atoms with van der Waals surface area (Å²) >= 11 is 5.75. The molecule has 1 unspecified atom stereocenters. The first kappa shape index (κ1) is 15.5. The lowest BCUT2D eigenvalue weighted by atomic mass is 10.1. The summed E-state index contributed by atoms with van der Waals surface area (Å²) in [6, 6.07) is 5.73. The summed E-state index contributed by atoms with van der Waals surface area (Å²) in [5.41, 5.74) is 0.503. The largest absolute Gasteiger partial charge is 0.480 e. The van der Waals surface area contributed by atoms with Gasteiger partial charge >= 0.3 is 5.97 Å². The number of likely N-dealkylation sites (tertiary alicyclic amines) is 1. The van der Waals surface area contributed by atoms with Crippen molar-refractivity contribution in [1.82, 2.24) is 4.90 Å². The lowest BCUT2D eigenvalue weighted by Crippen LogP contribution is -2.40. The Morgan fingerprint density at radius 3 is 2.48 bits per heavy atom. The van der Waals surface area contributed by atoms with Crippen LogP contribution in [0.4, 0.5) is 0 Å². The number of halogens is 1. The van der Waals surface area contributed by atoms with Crippen LogP contribution in [0.1, 0.15) is 36.0 Å². The lowest BCUT2D eigenvalue weighted by molar-refractivity contribution is -0.148. The summed E-state index contributed by atoms with van der Waals surface area (Å²) in [5, 5.41) is 9.59. The highest BCUT2D eigenvalue weighted by Gasteiger charge is 2.33. The van der Waals surface area contributed by atoms with Gasteiger partial charge in [0.2, 0.25) is 5.91 Å². The number of carboxylic acid groups (broad SMARTS) is 1. The van der Waals surface area contributed by atoms with Gasteiger partial charge in [-0.1, -0.05) is 11.6 Å². The molecule has 1 amide bonds. The molecule has 6 heteroatoms. The van der Waals surface area contributed by atoms with Gasteiger partial charge in [-0.2, -0.15) is 0 Å². The summed E-state index contributed by atoms with van der Waals surface area (Å²) in [6.07, 6.45) is 1.27. The number of benzene rings is 1. The molecule has 0 radical (unpaired) electrons. The number of nitrogens with zero attached hydrogens (tertiary/aromatic N) is 1. The summed E-state index contributed by atoms with van der Waals surface area (Å²) in [4.78, 5) is 36.4. The molecule has 1 aliphatic heterocycles. The van der Waals surface area contributed by atoms with E-state index >= 15 is 0 Å². The van der Waals surface area contributed by atoms with Crippen LogP contribution in [0.15, 0.2) is 24.3 Å². The Labute approximate surface area is 127 Å². The number of Topliss-reactive ketones (excluding diaryl/α,β-unsaturated/α-hetero) is 1. The zero-order valence-corrected chi connectivity index (χ0v) is 12.2. The summed E-state index contributed by atoms with van der Waals surface area (Å²) < 4.78 is 0. The molecule has 112 valence electrons. The van der Waals surface area contributed by atoms with Crippen molar-refractivity contribution in [2.45, 2.75) is 31.7 Å². The van der Waals surface area contributed by atoms with E-state index in [1.165, 1.54) is 4.90 Å². The Morgan fingerprint density at radius 2 is 1.86 bits per heavy atom. The van der Waals surface area contributed by atoms with Crippen LogP contribution in [0.25, 0.3) is 0 Å². The first-order valence-corrected chi connectivity index (χ1v) is 7.18. The first-order chi connectivity index (χ1) is 9.99. The monoisotopic (exact) mass is 309 g/mol. The maximum absolute atomic E-state index is 12.0. The average Bonchev–Trinajstić information content (AvgIpc) is 2.95. The molecule has 0 aromatic heterocycles. The van der Waals surface area contributed by atoms with Gasteiger partial charge in [-0.3, -0.25) is 9.59 Å². The SMILES string of the molecule is O=C(CCC(=O)N1CCCC1C(=O)O)c1ccc(Cl)cc1. The van der Waals surface area contributed by atoms with Crippen LogP contribution in [-0.2, 0) is 9.59 Å². The third-order valence-electron chi connectivity index (χ3n) is 3.59. The number of carboxylic acids is 1. The van der Waals surface area contributed by atoms with Crippen molar-refractivity contribution in [2.24, 2.45) is 0 Å². The van der Waals surface area contributed by atoms with Gasteiger partial charge in [-0.15, -0.1) is 0 Å². The standard InChI is InChI=1S/C15H16ClNO4/c16-11-5-3-10(4-6-11)13(18)7-8-14(19)17-9-1-2-12(17)15(20)21/h3-6,12H,1-2,7-9H2,(H,20,21). The van der Waals surface area contributed by atoms with Gasteiger partial charge in [0.25, 0.3) is 0 Å². The van der Waals surface area contributed by atoms with E-state index in [0.29, 0.717) is 30.0 Å². The van der Waals surface area contributed by atoms with Crippen LogP contribution >= 0.6 is 11.6 Å². The average molecular weight is 310 g/mol. The Bertz CT molecular complexity index is 555. The normalized spacial score (nSPS) is 17.8. The van der Waals surface area contributed by atoms with Crippen LogP contribution in [0.2, 0.25) is 5.02 Å². The molecule has 1 aromatic rings. The molecular formula is C15H16ClNO4. The maximum Gasteiger partial charge on any atom is 0.326 e. The van der Waals surface area contributed by atoms with Gasteiger partial charge in [-0.25, -0.2) is 4.79 Å². The van der Waals surface area contributed by atoms with E-state index in [4.69, 9.17) is 16.7 Å². The van der Waals surface area contributed by atoms with E-state index < -0.39 is 12.0 Å². The highest BCUT2D eigenvalue weighted by molar-refractivity contribution is 6.30. The van der Waals surface area contributed by atoms with Crippen LogP contribution in [0.3, 0.4) is 0 Å². The molecule has 1 heterocycles. The first-order valence-electron chi connectivity index (χ1n) is 6.80. The van der Waals surface area contributed by atoms with Crippen molar-refractivity contribution in [3.05, 3.63) is 34.9 Å². The zero-order chi connectivity index (χ0) is 15.4. The number of amides is 1. The van der Waals surface area contributed by atoms with Crippen LogP contribution in [0, 0.1) is 0 Å². The van der Waals surface area contributed by atoms with E-state index in [1.54, 1.807) is 24.3 Å². The Kier molecular flexibility index (Phi) is 4.96. The fourth-order valence-corrected chi connectivity index (χ4v) is 2.59. The minimum Gasteiger partial charge on any atom is -0.480 e. The topological polar surface area (TPSA) is 74.7 Å². The van der Waals surface area contributed by atoms with Crippen LogP contribution < -0.4 is 0 Å². The molecule has 1 aromatic carbocycles. The number of ketones is 1. The Balaban J connectivity index is 1.90. The molecule has 2 rings (SSSR count). The van der Waals surface area contributed by atoms with Gasteiger partial charge in [0.15, 0.2) is 5.78 Å². The van der Waals surface area contributed by atoms with Crippen LogP contribution in [0.5, 0.6) is 0 Å². The second-order valence-electron chi connectivity index (χ2n) is 5.01. The fraction of sp³-hybridized carbons (Fsp3) is 0.400. The zero-order valence-electron chi connectivity index (χ0n) is 11.4. The molecular weight excluding hydrogens is 294 g/mol.